The van der Waals surface area contributed by atoms with E-state index >= 15 is 0 Å². The van der Waals surface area contributed by atoms with Crippen molar-refractivity contribution >= 4 is 5.84 Å². The third-order valence-electron chi connectivity index (χ3n) is 2.99. The molecule has 1 heterocycles. The molecule has 0 bridgehead atoms. The van der Waals surface area contributed by atoms with Crippen LogP contribution in [0.15, 0.2) is 5.16 Å². The maximum absolute atomic E-state index is 12.7. The number of hydrogen-bond donors (Lipinski definition) is 3. The maximum atomic E-state index is 12.7. The van der Waals surface area contributed by atoms with Crippen LogP contribution in [-0.2, 0) is 0 Å². The number of rotatable bonds is 4. The fourth-order valence-electron chi connectivity index (χ4n) is 2.01. The Hall–Kier alpha value is -1.02. The first-order chi connectivity index (χ1) is 7.90. The van der Waals surface area contributed by atoms with Crippen LogP contribution in [0, 0.1) is 5.92 Å². The number of nitrogens with zero attached hydrogens (tertiary/aromatic N) is 2. The van der Waals surface area contributed by atoms with Gasteiger partial charge in [0.25, 0.3) is 0 Å². The Labute approximate surface area is 96.7 Å². The Morgan fingerprint density at radius 3 is 2.65 bits per heavy atom. The Balaban J connectivity index is 2.73. The van der Waals surface area contributed by atoms with Crippen LogP contribution in [0.25, 0.3) is 0 Å². The molecular formula is C9H16F3N3O2. The van der Waals surface area contributed by atoms with Gasteiger partial charge in [-0.25, -0.2) is 0 Å². The van der Waals surface area contributed by atoms with E-state index < -0.39 is 17.9 Å². The van der Waals surface area contributed by atoms with Crippen molar-refractivity contribution in [2.75, 3.05) is 19.7 Å². The van der Waals surface area contributed by atoms with Gasteiger partial charge in [-0.15, -0.1) is 0 Å². The summed E-state index contributed by atoms with van der Waals surface area (Å²) in [6.07, 6.45) is -3.15. The first-order valence-corrected chi connectivity index (χ1v) is 5.29. The van der Waals surface area contributed by atoms with Crippen LogP contribution in [-0.4, -0.2) is 53.0 Å². The Kier molecular flexibility index (Phi) is 4.58. The van der Waals surface area contributed by atoms with Crippen molar-refractivity contribution in [3.63, 3.8) is 0 Å². The van der Waals surface area contributed by atoms with Crippen LogP contribution >= 0.6 is 0 Å². The summed E-state index contributed by atoms with van der Waals surface area (Å²) in [5.74, 6) is -2.85. The van der Waals surface area contributed by atoms with E-state index in [-0.39, 0.29) is 19.2 Å². The summed E-state index contributed by atoms with van der Waals surface area (Å²) in [7, 11) is 0. The first-order valence-electron chi connectivity index (χ1n) is 5.29. The molecule has 4 N–H and O–H groups in total. The fourth-order valence-corrected chi connectivity index (χ4v) is 2.01. The highest BCUT2D eigenvalue weighted by Gasteiger charge is 2.44. The van der Waals surface area contributed by atoms with Gasteiger partial charge in [0.1, 0.15) is 5.92 Å². The molecule has 2 atom stereocenters. The minimum atomic E-state index is -4.56. The Morgan fingerprint density at radius 2 is 2.18 bits per heavy atom. The zero-order valence-electron chi connectivity index (χ0n) is 9.19. The second-order valence-electron chi connectivity index (χ2n) is 4.09. The molecule has 100 valence electrons. The van der Waals surface area contributed by atoms with E-state index in [4.69, 9.17) is 16.0 Å². The molecule has 0 amide bonds. The van der Waals surface area contributed by atoms with E-state index in [9.17, 15) is 13.2 Å². The molecule has 1 aliphatic rings. The van der Waals surface area contributed by atoms with Crippen LogP contribution < -0.4 is 5.73 Å². The molecule has 0 aromatic carbocycles. The standard InChI is InChI=1S/C9H16F3N3O2/c10-9(11,12)7(8(13)14-17)4-15-3-1-2-6(15)5-16/h6-7,16-17H,1-5H2,(H2,13,14). The van der Waals surface area contributed by atoms with Gasteiger partial charge >= 0.3 is 6.18 Å². The van der Waals surface area contributed by atoms with E-state index in [0.29, 0.717) is 13.0 Å². The number of aliphatic hydroxyl groups excluding tert-OH is 1. The van der Waals surface area contributed by atoms with Crippen LogP contribution in [0.1, 0.15) is 12.8 Å². The number of nitrogens with two attached hydrogens (primary N) is 1. The summed E-state index contributed by atoms with van der Waals surface area (Å²) < 4.78 is 38.0. The van der Waals surface area contributed by atoms with E-state index in [1.165, 1.54) is 4.90 Å². The molecule has 0 aromatic rings. The van der Waals surface area contributed by atoms with E-state index in [1.807, 2.05) is 0 Å². The minimum Gasteiger partial charge on any atom is -0.409 e. The molecular weight excluding hydrogens is 239 g/mol. The number of halogens is 3. The van der Waals surface area contributed by atoms with Crippen molar-refractivity contribution in [3.8, 4) is 0 Å². The maximum Gasteiger partial charge on any atom is 0.400 e. The van der Waals surface area contributed by atoms with Crippen LogP contribution in [0.2, 0.25) is 0 Å². The zero-order valence-corrected chi connectivity index (χ0v) is 9.19. The van der Waals surface area contributed by atoms with E-state index in [2.05, 4.69) is 5.16 Å². The topological polar surface area (TPSA) is 82.1 Å². The molecule has 1 fully saturated rings. The van der Waals surface area contributed by atoms with Crippen LogP contribution in [0.4, 0.5) is 13.2 Å². The van der Waals surface area contributed by atoms with Gasteiger partial charge in [-0.05, 0) is 19.4 Å². The number of aliphatic hydroxyl groups is 1. The molecule has 0 spiro atoms. The highest BCUT2D eigenvalue weighted by molar-refractivity contribution is 5.83. The number of amidine groups is 1. The normalized spacial score (nSPS) is 25.2. The monoisotopic (exact) mass is 255 g/mol. The molecule has 1 rings (SSSR count). The van der Waals surface area contributed by atoms with Crippen molar-refractivity contribution in [3.05, 3.63) is 0 Å². The van der Waals surface area contributed by atoms with Gasteiger partial charge in [0, 0.05) is 12.6 Å². The summed E-state index contributed by atoms with van der Waals surface area (Å²) in [6.45, 7) is -0.0815. The smallest absolute Gasteiger partial charge is 0.400 e. The molecule has 0 radical (unpaired) electrons. The Bertz CT molecular complexity index is 283. The van der Waals surface area contributed by atoms with Crippen molar-refractivity contribution in [2.45, 2.75) is 25.1 Å². The highest BCUT2D eigenvalue weighted by atomic mass is 19.4. The Morgan fingerprint density at radius 1 is 1.53 bits per heavy atom. The molecule has 5 nitrogen and oxygen atoms in total. The lowest BCUT2D eigenvalue weighted by Crippen LogP contribution is -2.46. The average Bonchev–Trinajstić information content (AvgIpc) is 2.70. The molecule has 2 unspecified atom stereocenters. The molecule has 0 aromatic heterocycles. The first kappa shape index (κ1) is 14.0. The minimum absolute atomic E-state index is 0.180. The van der Waals surface area contributed by atoms with Gasteiger partial charge in [0.05, 0.1) is 6.61 Å². The summed E-state index contributed by atoms with van der Waals surface area (Å²) in [6, 6.07) is -0.272. The molecule has 0 saturated carbocycles. The quantitative estimate of drug-likeness (QED) is 0.293. The van der Waals surface area contributed by atoms with Crippen LogP contribution in [0.5, 0.6) is 0 Å². The second kappa shape index (κ2) is 5.54. The van der Waals surface area contributed by atoms with Gasteiger partial charge in [-0.3, -0.25) is 4.90 Å². The largest absolute Gasteiger partial charge is 0.409 e. The van der Waals surface area contributed by atoms with Gasteiger partial charge in [-0.1, -0.05) is 5.16 Å². The fraction of sp³-hybridized carbons (Fsp3) is 0.889. The van der Waals surface area contributed by atoms with Crippen molar-refractivity contribution in [1.82, 2.24) is 4.90 Å². The SMILES string of the molecule is NC(=NO)C(CN1CCCC1CO)C(F)(F)F. The van der Waals surface area contributed by atoms with Gasteiger partial charge < -0.3 is 16.0 Å². The third-order valence-corrected chi connectivity index (χ3v) is 2.99. The van der Waals surface area contributed by atoms with Crippen molar-refractivity contribution in [1.29, 1.82) is 0 Å². The summed E-state index contributed by atoms with van der Waals surface area (Å²) in [5.41, 5.74) is 5.06. The van der Waals surface area contributed by atoms with E-state index in [1.54, 1.807) is 0 Å². The lowest BCUT2D eigenvalue weighted by Gasteiger charge is -2.28. The molecule has 1 aliphatic heterocycles. The number of oxime groups is 1. The lowest BCUT2D eigenvalue weighted by molar-refractivity contribution is -0.161. The third kappa shape index (κ3) is 3.47. The van der Waals surface area contributed by atoms with Crippen molar-refractivity contribution < 1.29 is 23.5 Å². The lowest BCUT2D eigenvalue weighted by atomic mass is 10.1. The summed E-state index contributed by atoms with van der Waals surface area (Å²) in [4.78, 5) is 1.52. The molecule has 0 aliphatic carbocycles. The van der Waals surface area contributed by atoms with Gasteiger partial charge in [-0.2, -0.15) is 13.2 Å². The number of likely N-dealkylation sites (tertiary alicyclic amines) is 1. The number of alkyl halides is 3. The van der Waals surface area contributed by atoms with Crippen LogP contribution in [0.3, 0.4) is 0 Å². The molecule has 8 heteroatoms. The predicted octanol–water partition coefficient (Wildman–Crippen LogP) is 0.368. The molecule has 17 heavy (non-hydrogen) atoms. The highest BCUT2D eigenvalue weighted by Crippen LogP contribution is 2.29. The van der Waals surface area contributed by atoms with Gasteiger partial charge in [0.15, 0.2) is 5.84 Å². The molecule has 1 saturated heterocycles. The second-order valence-corrected chi connectivity index (χ2v) is 4.09. The summed E-state index contributed by atoms with van der Waals surface area (Å²) in [5, 5.41) is 19.8. The van der Waals surface area contributed by atoms with Crippen molar-refractivity contribution in [2.24, 2.45) is 16.8 Å². The number of hydrogen-bond acceptors (Lipinski definition) is 4. The zero-order chi connectivity index (χ0) is 13.1. The predicted molar refractivity (Wildman–Crippen MR) is 54.6 cm³/mol. The average molecular weight is 255 g/mol. The van der Waals surface area contributed by atoms with E-state index in [0.717, 1.165) is 6.42 Å². The van der Waals surface area contributed by atoms with Gasteiger partial charge in [0.2, 0.25) is 0 Å². The summed E-state index contributed by atoms with van der Waals surface area (Å²) >= 11 is 0.